The highest BCUT2D eigenvalue weighted by atomic mass is 35.5. The van der Waals surface area contributed by atoms with Crippen molar-refractivity contribution in [3.8, 4) is 0 Å². The average Bonchev–Trinajstić information content (AvgIpc) is 2.72. The fourth-order valence-electron chi connectivity index (χ4n) is 1.67. The molecule has 4 nitrogen and oxygen atoms in total. The first-order valence-electron chi connectivity index (χ1n) is 6.41. The van der Waals surface area contributed by atoms with Crippen molar-refractivity contribution in [3.63, 3.8) is 0 Å². The van der Waals surface area contributed by atoms with Crippen LogP contribution in [0, 0.1) is 0 Å². The number of carbonyl (C=O) groups is 1. The van der Waals surface area contributed by atoms with E-state index in [9.17, 15) is 4.79 Å². The molecule has 0 aliphatic carbocycles. The number of aromatic amines is 1. The number of nitrogens with zero attached hydrogens (tertiary/aromatic N) is 1. The Kier molecular flexibility index (Phi) is 9.38. The number of carbonyl (C=O) groups excluding carboxylic acids is 1. The van der Waals surface area contributed by atoms with Crippen LogP contribution in [0.4, 0.5) is 0 Å². The minimum Gasteiger partial charge on any atom is -1.00 e. The Morgan fingerprint density at radius 1 is 1.33 bits per heavy atom. The lowest BCUT2D eigenvalue weighted by atomic mass is 10.1. The Morgan fingerprint density at radius 2 is 2.06 bits per heavy atom. The molecule has 0 aromatic carbocycles. The molecule has 5 heteroatoms. The maximum atomic E-state index is 11.4. The van der Waals surface area contributed by atoms with Gasteiger partial charge in [-0.2, -0.15) is 0 Å². The summed E-state index contributed by atoms with van der Waals surface area (Å²) in [5.74, 6) is 0.806. The second kappa shape index (κ2) is 9.95. The molecule has 0 atom stereocenters. The number of hydrogen-bond donors (Lipinski definition) is 1. The lowest BCUT2D eigenvalue weighted by Crippen LogP contribution is -3.00. The van der Waals surface area contributed by atoms with Gasteiger partial charge in [0.25, 0.3) is 5.82 Å². The van der Waals surface area contributed by atoms with E-state index in [-0.39, 0.29) is 18.4 Å². The summed E-state index contributed by atoms with van der Waals surface area (Å²) in [6.45, 7) is 2.52. The third-order valence-corrected chi connectivity index (χ3v) is 2.83. The second-order valence-corrected chi connectivity index (χ2v) is 4.34. The van der Waals surface area contributed by atoms with E-state index in [1.54, 1.807) is 0 Å². The molecule has 1 rings (SSSR count). The summed E-state index contributed by atoms with van der Waals surface area (Å²) < 4.78 is 7.09. The molecule has 0 spiro atoms. The van der Waals surface area contributed by atoms with Crippen LogP contribution >= 0.6 is 0 Å². The van der Waals surface area contributed by atoms with Crippen LogP contribution in [0.1, 0.15) is 51.3 Å². The number of H-pyrrole nitrogens is 1. The van der Waals surface area contributed by atoms with Crippen molar-refractivity contribution < 1.29 is 26.5 Å². The van der Waals surface area contributed by atoms with Crippen LogP contribution in [0.25, 0.3) is 0 Å². The summed E-state index contributed by atoms with van der Waals surface area (Å²) >= 11 is 0. The van der Waals surface area contributed by atoms with Crippen molar-refractivity contribution in [2.45, 2.75) is 52.1 Å². The van der Waals surface area contributed by atoms with E-state index >= 15 is 0 Å². The van der Waals surface area contributed by atoms with Crippen LogP contribution in [-0.4, -0.2) is 11.0 Å². The van der Waals surface area contributed by atoms with Gasteiger partial charge < -0.3 is 17.1 Å². The van der Waals surface area contributed by atoms with Crippen molar-refractivity contribution >= 4 is 5.97 Å². The fourth-order valence-corrected chi connectivity index (χ4v) is 1.67. The Morgan fingerprint density at radius 3 is 2.67 bits per heavy atom. The summed E-state index contributed by atoms with van der Waals surface area (Å²) in [6.07, 6.45) is 10.0. The van der Waals surface area contributed by atoms with Crippen LogP contribution in [0.2, 0.25) is 0 Å². The number of nitrogens with one attached hydrogen (secondary N) is 1. The van der Waals surface area contributed by atoms with Gasteiger partial charge in [-0.3, -0.25) is 4.79 Å². The van der Waals surface area contributed by atoms with Gasteiger partial charge in [0.1, 0.15) is 12.4 Å². The average molecular weight is 275 g/mol. The number of hydrogen-bond acceptors (Lipinski definition) is 2. The summed E-state index contributed by atoms with van der Waals surface area (Å²) in [5.41, 5.74) is 0. The van der Waals surface area contributed by atoms with Crippen LogP contribution < -0.4 is 17.0 Å². The molecule has 0 saturated carbocycles. The lowest BCUT2D eigenvalue weighted by molar-refractivity contribution is -0.679. The zero-order valence-corrected chi connectivity index (χ0v) is 12.0. The molecule has 1 N–H and O–H groups in total. The minimum atomic E-state index is -0.101. The Balaban J connectivity index is 0.00000289. The highest BCUT2D eigenvalue weighted by molar-refractivity contribution is 5.69. The topological polar surface area (TPSA) is 46.0 Å². The first-order chi connectivity index (χ1) is 8.24. The van der Waals surface area contributed by atoms with Crippen LogP contribution in [0.5, 0.6) is 0 Å². The zero-order valence-electron chi connectivity index (χ0n) is 11.2. The molecular weight excluding hydrogens is 252 g/mol. The van der Waals surface area contributed by atoms with Gasteiger partial charge in [-0.15, -0.1) is 0 Å². The maximum absolute atomic E-state index is 11.4. The number of imidazole rings is 1. The van der Waals surface area contributed by atoms with Crippen molar-refractivity contribution in [2.75, 3.05) is 0 Å². The monoisotopic (exact) mass is 274 g/mol. The van der Waals surface area contributed by atoms with Gasteiger partial charge in [-0.25, -0.2) is 9.55 Å². The van der Waals surface area contributed by atoms with E-state index in [2.05, 4.69) is 11.9 Å². The van der Waals surface area contributed by atoms with E-state index < -0.39 is 0 Å². The molecule has 0 aliphatic rings. The van der Waals surface area contributed by atoms with Crippen molar-refractivity contribution in [1.29, 1.82) is 0 Å². The SMILES string of the molecule is CCCCCCCC(=O)OCc1[nH]cc[n+]1C.[Cl-]. The standard InChI is InChI=1S/C13H22N2O2.ClH/c1-3-4-5-6-7-8-13(16)17-11-12-14-9-10-15(12)2;/h9-10H,3-8,11H2,1-2H3;1H. The summed E-state index contributed by atoms with van der Waals surface area (Å²) in [5, 5.41) is 0. The number of aryl methyl sites for hydroxylation is 1. The Hall–Kier alpha value is -1.03. The number of unbranched alkanes of at least 4 members (excludes halogenated alkanes) is 4. The molecule has 0 saturated heterocycles. The molecule has 0 aliphatic heterocycles. The summed E-state index contributed by atoms with van der Waals surface area (Å²) in [7, 11) is 1.92. The first-order valence-corrected chi connectivity index (χ1v) is 6.41. The van der Waals surface area contributed by atoms with Gasteiger partial charge in [-0.1, -0.05) is 32.6 Å². The first kappa shape index (κ1) is 17.0. The molecule has 0 fully saturated rings. The Labute approximate surface area is 115 Å². The van der Waals surface area contributed by atoms with Gasteiger partial charge in [0.2, 0.25) is 0 Å². The molecule has 104 valence electrons. The summed E-state index contributed by atoms with van der Waals surface area (Å²) in [6, 6.07) is 0. The largest absolute Gasteiger partial charge is 1.00 e. The number of halogens is 1. The van der Waals surface area contributed by atoms with E-state index in [0.29, 0.717) is 13.0 Å². The predicted molar refractivity (Wildman–Crippen MR) is 65.1 cm³/mol. The third-order valence-electron chi connectivity index (χ3n) is 2.83. The van der Waals surface area contributed by atoms with Crippen molar-refractivity contribution in [1.82, 2.24) is 4.98 Å². The lowest BCUT2D eigenvalue weighted by Gasteiger charge is -2.02. The highest BCUT2D eigenvalue weighted by Gasteiger charge is 2.09. The normalized spacial score (nSPS) is 9.89. The number of aromatic nitrogens is 2. The van der Waals surface area contributed by atoms with Gasteiger partial charge in [0.05, 0.1) is 7.05 Å². The van der Waals surface area contributed by atoms with E-state index in [1.165, 1.54) is 19.3 Å². The van der Waals surface area contributed by atoms with Crippen molar-refractivity contribution in [2.24, 2.45) is 7.05 Å². The van der Waals surface area contributed by atoms with Crippen LogP contribution in [0.3, 0.4) is 0 Å². The molecule has 0 bridgehead atoms. The zero-order chi connectivity index (χ0) is 12.5. The smallest absolute Gasteiger partial charge is 0.306 e. The van der Waals surface area contributed by atoms with Gasteiger partial charge >= 0.3 is 5.97 Å². The minimum absolute atomic E-state index is 0. The van der Waals surface area contributed by atoms with E-state index in [4.69, 9.17) is 4.74 Å². The highest BCUT2D eigenvalue weighted by Crippen LogP contribution is 2.06. The summed E-state index contributed by atoms with van der Waals surface area (Å²) in [4.78, 5) is 14.5. The maximum Gasteiger partial charge on any atom is 0.306 e. The second-order valence-electron chi connectivity index (χ2n) is 4.34. The van der Waals surface area contributed by atoms with Gasteiger partial charge in [-0.05, 0) is 6.42 Å². The van der Waals surface area contributed by atoms with Crippen LogP contribution in [0.15, 0.2) is 12.4 Å². The van der Waals surface area contributed by atoms with E-state index in [1.807, 2.05) is 24.0 Å². The van der Waals surface area contributed by atoms with Gasteiger partial charge in [0.15, 0.2) is 6.61 Å². The Bertz CT molecular complexity index is 339. The fraction of sp³-hybridized carbons (Fsp3) is 0.692. The molecule has 1 aromatic rings. The predicted octanol–water partition coefficient (Wildman–Crippen LogP) is -0.753. The molecule has 0 unspecified atom stereocenters. The number of ether oxygens (including phenoxy) is 1. The van der Waals surface area contributed by atoms with Crippen LogP contribution in [-0.2, 0) is 23.2 Å². The van der Waals surface area contributed by atoms with Crippen molar-refractivity contribution in [3.05, 3.63) is 18.2 Å². The molecule has 0 radical (unpaired) electrons. The molecule has 0 amide bonds. The molecule has 18 heavy (non-hydrogen) atoms. The third kappa shape index (κ3) is 6.64. The molecule has 1 aromatic heterocycles. The number of esters is 1. The van der Waals surface area contributed by atoms with E-state index in [0.717, 1.165) is 18.7 Å². The number of rotatable bonds is 8. The molecule has 1 heterocycles. The quantitative estimate of drug-likeness (QED) is 0.385. The molecular formula is C13H23ClN2O2. The van der Waals surface area contributed by atoms with Gasteiger partial charge in [0, 0.05) is 6.42 Å².